The summed E-state index contributed by atoms with van der Waals surface area (Å²) in [5.74, 6) is 1.82. The Bertz CT molecular complexity index is 500. The van der Waals surface area contributed by atoms with E-state index in [1.54, 1.807) is 0 Å². The van der Waals surface area contributed by atoms with Crippen LogP contribution in [0.5, 0.6) is 0 Å². The van der Waals surface area contributed by atoms with E-state index in [2.05, 4.69) is 46.7 Å². The molecule has 2 fully saturated rings. The number of hydrogen-bond acceptors (Lipinski definition) is 3. The molecule has 5 heteroatoms. The fourth-order valence-corrected chi connectivity index (χ4v) is 5.12. The number of rotatable bonds is 7. The van der Waals surface area contributed by atoms with Crippen LogP contribution in [0.2, 0.25) is 0 Å². The minimum absolute atomic E-state index is 0.626. The van der Waals surface area contributed by atoms with E-state index in [0.717, 1.165) is 43.0 Å². The van der Waals surface area contributed by atoms with Crippen LogP contribution in [0.25, 0.3) is 0 Å². The van der Waals surface area contributed by atoms with E-state index in [4.69, 9.17) is 12.2 Å². The molecule has 1 aromatic rings. The van der Waals surface area contributed by atoms with Gasteiger partial charge in [0.15, 0.2) is 5.11 Å². The Morgan fingerprint density at radius 2 is 2.17 bits per heavy atom. The van der Waals surface area contributed by atoms with Crippen LogP contribution in [0.3, 0.4) is 0 Å². The first kappa shape index (κ1) is 17.2. The SMILES string of the molecule is CN(C)CCCN(Cc1cccs1)C(=S)N[C@H]1C[C@H]2CC[C@@H]1C2. The Labute approximate surface area is 150 Å². The van der Waals surface area contributed by atoms with Crippen molar-refractivity contribution in [3.8, 4) is 0 Å². The molecule has 1 aromatic heterocycles. The number of hydrogen-bond donors (Lipinski definition) is 1. The van der Waals surface area contributed by atoms with Gasteiger partial charge in [-0.15, -0.1) is 11.3 Å². The Hall–Kier alpha value is -0.650. The van der Waals surface area contributed by atoms with Crippen LogP contribution < -0.4 is 5.32 Å². The van der Waals surface area contributed by atoms with Crippen LogP contribution in [-0.2, 0) is 6.54 Å². The lowest BCUT2D eigenvalue weighted by atomic mass is 9.95. The van der Waals surface area contributed by atoms with Crippen molar-refractivity contribution in [3.63, 3.8) is 0 Å². The quantitative estimate of drug-likeness (QED) is 0.757. The smallest absolute Gasteiger partial charge is 0.169 e. The topological polar surface area (TPSA) is 18.5 Å². The summed E-state index contributed by atoms with van der Waals surface area (Å²) in [5.41, 5.74) is 0. The third-order valence-electron chi connectivity index (χ3n) is 5.29. The van der Waals surface area contributed by atoms with Gasteiger partial charge in [-0.3, -0.25) is 0 Å². The first-order valence-electron chi connectivity index (χ1n) is 8.84. The lowest BCUT2D eigenvalue weighted by Crippen LogP contribution is -2.46. The summed E-state index contributed by atoms with van der Waals surface area (Å²) in [6.45, 7) is 3.08. The molecule has 3 nitrogen and oxygen atoms in total. The summed E-state index contributed by atoms with van der Waals surface area (Å²) < 4.78 is 0. The van der Waals surface area contributed by atoms with Crippen LogP contribution in [0.4, 0.5) is 0 Å². The molecule has 3 rings (SSSR count). The minimum Gasteiger partial charge on any atom is -0.360 e. The molecule has 0 aromatic carbocycles. The third kappa shape index (κ3) is 4.68. The van der Waals surface area contributed by atoms with Crippen molar-refractivity contribution in [2.75, 3.05) is 27.2 Å². The second-order valence-corrected chi connectivity index (χ2v) is 8.81. The number of nitrogens with zero attached hydrogens (tertiary/aromatic N) is 2. The van der Waals surface area contributed by atoms with E-state index in [-0.39, 0.29) is 0 Å². The van der Waals surface area contributed by atoms with Crippen molar-refractivity contribution in [3.05, 3.63) is 22.4 Å². The molecule has 23 heavy (non-hydrogen) atoms. The highest BCUT2D eigenvalue weighted by molar-refractivity contribution is 7.80. The molecule has 0 aliphatic heterocycles. The molecule has 0 unspecified atom stereocenters. The highest BCUT2D eigenvalue weighted by Crippen LogP contribution is 2.44. The van der Waals surface area contributed by atoms with Crippen LogP contribution >= 0.6 is 23.6 Å². The largest absolute Gasteiger partial charge is 0.360 e. The lowest BCUT2D eigenvalue weighted by molar-refractivity contribution is 0.328. The van der Waals surface area contributed by atoms with E-state index in [1.807, 2.05) is 11.3 Å². The van der Waals surface area contributed by atoms with Crippen molar-refractivity contribution < 1.29 is 0 Å². The molecule has 2 bridgehead atoms. The zero-order valence-corrected chi connectivity index (χ0v) is 16.0. The highest BCUT2D eigenvalue weighted by atomic mass is 32.1. The molecule has 1 N–H and O–H groups in total. The first-order valence-corrected chi connectivity index (χ1v) is 10.1. The van der Waals surface area contributed by atoms with Gasteiger partial charge in [-0.2, -0.15) is 0 Å². The summed E-state index contributed by atoms with van der Waals surface area (Å²) in [5, 5.41) is 6.83. The van der Waals surface area contributed by atoms with E-state index in [0.29, 0.717) is 6.04 Å². The summed E-state index contributed by atoms with van der Waals surface area (Å²) in [6.07, 6.45) is 6.74. The Kier molecular flexibility index (Phi) is 5.94. The fourth-order valence-electron chi connectivity index (χ4n) is 4.09. The van der Waals surface area contributed by atoms with Gasteiger partial charge in [0, 0.05) is 17.5 Å². The second kappa shape index (κ2) is 7.95. The molecule has 2 aliphatic rings. The summed E-state index contributed by atoms with van der Waals surface area (Å²) in [4.78, 5) is 6.01. The maximum Gasteiger partial charge on any atom is 0.169 e. The van der Waals surface area contributed by atoms with Crippen molar-refractivity contribution in [1.29, 1.82) is 0 Å². The van der Waals surface area contributed by atoms with Gasteiger partial charge in [-0.25, -0.2) is 0 Å². The van der Waals surface area contributed by atoms with Crippen molar-refractivity contribution in [1.82, 2.24) is 15.1 Å². The molecule has 0 saturated heterocycles. The van der Waals surface area contributed by atoms with Gasteiger partial charge in [0.25, 0.3) is 0 Å². The second-order valence-electron chi connectivity index (χ2n) is 7.39. The lowest BCUT2D eigenvalue weighted by Gasteiger charge is -2.31. The van der Waals surface area contributed by atoms with Gasteiger partial charge in [0.2, 0.25) is 0 Å². The average Bonchev–Trinajstić information content (AvgIpc) is 3.23. The molecule has 3 atom stereocenters. The van der Waals surface area contributed by atoms with Gasteiger partial charge < -0.3 is 15.1 Å². The maximum absolute atomic E-state index is 5.79. The van der Waals surface area contributed by atoms with Gasteiger partial charge in [0.1, 0.15) is 0 Å². The fraction of sp³-hybridized carbons (Fsp3) is 0.722. The van der Waals surface area contributed by atoms with Crippen molar-refractivity contribution >= 4 is 28.7 Å². The van der Waals surface area contributed by atoms with E-state index < -0.39 is 0 Å². The van der Waals surface area contributed by atoms with Gasteiger partial charge >= 0.3 is 0 Å². The Morgan fingerprint density at radius 1 is 1.30 bits per heavy atom. The predicted molar refractivity (Wildman–Crippen MR) is 103 cm³/mol. The molecular formula is C18H29N3S2. The van der Waals surface area contributed by atoms with E-state index in [9.17, 15) is 0 Å². The summed E-state index contributed by atoms with van der Waals surface area (Å²) in [7, 11) is 4.27. The number of thiophene rings is 1. The normalized spacial score (nSPS) is 26.0. The van der Waals surface area contributed by atoms with E-state index in [1.165, 1.54) is 30.6 Å². The number of thiocarbonyl (C=S) groups is 1. The Morgan fingerprint density at radius 3 is 2.78 bits per heavy atom. The highest BCUT2D eigenvalue weighted by Gasteiger charge is 2.40. The van der Waals surface area contributed by atoms with Crippen molar-refractivity contribution in [2.45, 2.75) is 44.7 Å². The molecular weight excluding hydrogens is 322 g/mol. The number of fused-ring (bicyclic) bond motifs is 2. The Balaban J connectivity index is 1.55. The van der Waals surface area contributed by atoms with Crippen molar-refractivity contribution in [2.24, 2.45) is 11.8 Å². The predicted octanol–water partition coefficient (Wildman–Crippen LogP) is 3.56. The van der Waals surface area contributed by atoms with Gasteiger partial charge in [-0.1, -0.05) is 12.5 Å². The standard InChI is InChI=1S/C18H29N3S2/c1-20(2)8-4-9-21(13-16-5-3-10-23-16)18(22)19-17-12-14-6-7-15(17)11-14/h3,5,10,14-15,17H,4,6-9,11-13H2,1-2H3,(H,19,22)/t14-,15+,17-/m0/s1. The molecule has 128 valence electrons. The number of nitrogens with one attached hydrogen (secondary N) is 1. The van der Waals surface area contributed by atoms with Gasteiger partial charge in [-0.05, 0) is 81.8 Å². The molecule has 2 aliphatic carbocycles. The first-order chi connectivity index (χ1) is 11.1. The molecule has 0 spiro atoms. The summed E-state index contributed by atoms with van der Waals surface area (Å²) >= 11 is 7.61. The zero-order valence-electron chi connectivity index (χ0n) is 14.3. The molecule has 1 heterocycles. The monoisotopic (exact) mass is 351 g/mol. The van der Waals surface area contributed by atoms with Gasteiger partial charge in [0.05, 0.1) is 6.54 Å². The van der Waals surface area contributed by atoms with E-state index >= 15 is 0 Å². The molecule has 0 radical (unpaired) electrons. The zero-order chi connectivity index (χ0) is 16.2. The van der Waals surface area contributed by atoms with Crippen LogP contribution in [0.1, 0.15) is 37.0 Å². The molecule has 2 saturated carbocycles. The van der Waals surface area contributed by atoms with Crippen LogP contribution in [-0.4, -0.2) is 48.1 Å². The molecule has 0 amide bonds. The maximum atomic E-state index is 5.79. The van der Waals surface area contributed by atoms with Crippen LogP contribution in [0, 0.1) is 11.8 Å². The average molecular weight is 352 g/mol. The van der Waals surface area contributed by atoms with Crippen LogP contribution in [0.15, 0.2) is 17.5 Å². The minimum atomic E-state index is 0.626. The summed E-state index contributed by atoms with van der Waals surface area (Å²) in [6, 6.07) is 4.97. The third-order valence-corrected chi connectivity index (χ3v) is 6.53.